The number of hydrogen-bond donors (Lipinski definition) is 3. The third-order valence-electron chi connectivity index (χ3n) is 5.21. The van der Waals surface area contributed by atoms with Gasteiger partial charge in [-0.3, -0.25) is 9.59 Å². The van der Waals surface area contributed by atoms with Gasteiger partial charge in [0.25, 0.3) is 0 Å². The van der Waals surface area contributed by atoms with E-state index in [1.807, 2.05) is 52.0 Å². The van der Waals surface area contributed by atoms with Gasteiger partial charge in [-0.25, -0.2) is 4.79 Å². The van der Waals surface area contributed by atoms with Crippen molar-refractivity contribution in [2.75, 3.05) is 5.75 Å². The summed E-state index contributed by atoms with van der Waals surface area (Å²) < 4.78 is 5.34. The molecule has 35 heavy (non-hydrogen) atoms. The molecule has 0 saturated heterocycles. The topological polar surface area (TPSA) is 87.7 Å². The van der Waals surface area contributed by atoms with Crippen LogP contribution in [0.5, 0.6) is 0 Å². The van der Waals surface area contributed by atoms with Gasteiger partial charge in [0.1, 0.15) is 17.7 Å². The number of nitrogens with one attached hydrogen (secondary N) is 2. The van der Waals surface area contributed by atoms with Crippen LogP contribution in [0.15, 0.2) is 30.8 Å². The molecule has 0 aliphatic heterocycles. The highest BCUT2D eigenvalue weighted by molar-refractivity contribution is 7.80. The smallest absolute Gasteiger partial charge is 0.408 e. The fraction of sp³-hybridized carbons (Fsp3) is 0.593. The number of ether oxygens (including phenoxy) is 1. The van der Waals surface area contributed by atoms with E-state index >= 15 is 0 Å². The van der Waals surface area contributed by atoms with Crippen molar-refractivity contribution in [3.05, 3.63) is 42.0 Å². The molecule has 3 unspecified atom stereocenters. The van der Waals surface area contributed by atoms with Crippen molar-refractivity contribution in [2.24, 2.45) is 0 Å². The number of hydrogen-bond acceptors (Lipinski definition) is 5. The Morgan fingerprint density at radius 3 is 2.26 bits per heavy atom. The Balaban J connectivity index is 3.52. The van der Waals surface area contributed by atoms with Gasteiger partial charge < -0.3 is 20.3 Å². The van der Waals surface area contributed by atoms with Gasteiger partial charge in [0.2, 0.25) is 11.8 Å². The van der Waals surface area contributed by atoms with Crippen molar-refractivity contribution in [3.63, 3.8) is 0 Å². The highest BCUT2D eigenvalue weighted by Crippen LogP contribution is 2.31. The number of carbonyl (C=O) groups is 3. The number of nitrogens with zero attached hydrogens (tertiary/aromatic N) is 1. The quantitative estimate of drug-likeness (QED) is 0.385. The molecule has 8 heteroatoms. The molecule has 3 amide bonds. The molecule has 0 bridgehead atoms. The first kappa shape index (κ1) is 30.6. The maximum Gasteiger partial charge on any atom is 0.408 e. The Bertz CT molecular complexity index is 889. The van der Waals surface area contributed by atoms with E-state index in [4.69, 9.17) is 4.74 Å². The van der Waals surface area contributed by atoms with Crippen molar-refractivity contribution < 1.29 is 19.1 Å². The third-order valence-corrected chi connectivity index (χ3v) is 5.58. The van der Waals surface area contributed by atoms with Crippen molar-refractivity contribution in [3.8, 4) is 0 Å². The Morgan fingerprint density at radius 1 is 1.14 bits per heavy atom. The SMILES string of the molecule is C=Cc1cccc(C(C(=O)NC(C)CCC)N(C(=O)C(CS)NC(=O)OC(C)(C)C)C(C)(C)C)c1. The van der Waals surface area contributed by atoms with Crippen LogP contribution in [0.4, 0.5) is 4.79 Å². The lowest BCUT2D eigenvalue weighted by atomic mass is 9.94. The zero-order valence-corrected chi connectivity index (χ0v) is 23.4. The Morgan fingerprint density at radius 2 is 1.77 bits per heavy atom. The van der Waals surface area contributed by atoms with Gasteiger partial charge in [0.15, 0.2) is 0 Å². The molecule has 1 rings (SSSR count). The maximum atomic E-state index is 13.9. The minimum absolute atomic E-state index is 0.0396. The molecule has 0 aliphatic carbocycles. The average Bonchev–Trinajstić information content (AvgIpc) is 2.73. The van der Waals surface area contributed by atoms with E-state index in [9.17, 15) is 14.4 Å². The fourth-order valence-corrected chi connectivity index (χ4v) is 4.00. The predicted molar refractivity (Wildman–Crippen MR) is 145 cm³/mol. The molecular weight excluding hydrogens is 462 g/mol. The fourth-order valence-electron chi connectivity index (χ4n) is 3.75. The second kappa shape index (κ2) is 13.0. The molecule has 2 N–H and O–H groups in total. The lowest BCUT2D eigenvalue weighted by Gasteiger charge is -2.43. The number of alkyl carbamates (subject to hydrolysis) is 1. The minimum Gasteiger partial charge on any atom is -0.444 e. The van der Waals surface area contributed by atoms with E-state index in [1.165, 1.54) is 4.90 Å². The molecule has 0 saturated carbocycles. The van der Waals surface area contributed by atoms with Crippen molar-refractivity contribution in [1.29, 1.82) is 0 Å². The standard InChI is InChI=1S/C27H43N3O4S/c1-10-13-18(3)28-23(31)22(20-15-12-14-19(11-2)16-20)30(26(4,5)6)24(32)21(17-35)29-25(33)34-27(7,8)9/h11-12,14-16,18,21-22,35H,2,10,13,17H2,1,3-9H3,(H,28,31)(H,29,33). The molecule has 3 atom stereocenters. The molecule has 0 spiro atoms. The summed E-state index contributed by atoms with van der Waals surface area (Å²) in [6.07, 6.45) is 2.71. The Hall–Kier alpha value is -2.48. The highest BCUT2D eigenvalue weighted by atomic mass is 32.1. The number of rotatable bonds is 10. The van der Waals surface area contributed by atoms with Gasteiger partial charge in [-0.1, -0.05) is 44.2 Å². The molecule has 196 valence electrons. The Labute approximate surface area is 216 Å². The molecule has 7 nitrogen and oxygen atoms in total. The minimum atomic E-state index is -0.988. The number of carbonyl (C=O) groups excluding carboxylic acids is 3. The van der Waals surface area contributed by atoms with Gasteiger partial charge >= 0.3 is 6.09 Å². The predicted octanol–water partition coefficient (Wildman–Crippen LogP) is 5.13. The van der Waals surface area contributed by atoms with Crippen LogP contribution in [-0.2, 0) is 14.3 Å². The van der Waals surface area contributed by atoms with Crippen molar-refractivity contribution >= 4 is 36.6 Å². The van der Waals surface area contributed by atoms with E-state index in [1.54, 1.807) is 26.8 Å². The second-order valence-electron chi connectivity index (χ2n) is 10.7. The van der Waals surface area contributed by atoms with Crippen molar-refractivity contribution in [1.82, 2.24) is 15.5 Å². The summed E-state index contributed by atoms with van der Waals surface area (Å²) >= 11 is 4.32. The summed E-state index contributed by atoms with van der Waals surface area (Å²) in [5.74, 6) is -0.672. The van der Waals surface area contributed by atoms with E-state index < -0.39 is 35.2 Å². The number of thiol groups is 1. The number of amides is 3. The van der Waals surface area contributed by atoms with Crippen LogP contribution in [-0.4, -0.2) is 51.8 Å². The summed E-state index contributed by atoms with van der Waals surface area (Å²) in [6.45, 7) is 18.7. The zero-order chi connectivity index (χ0) is 27.0. The van der Waals surface area contributed by atoms with Crippen LogP contribution < -0.4 is 10.6 Å². The first-order chi connectivity index (χ1) is 16.1. The zero-order valence-electron chi connectivity index (χ0n) is 22.5. The highest BCUT2D eigenvalue weighted by Gasteiger charge is 2.41. The Kier molecular flexibility index (Phi) is 11.3. The second-order valence-corrected chi connectivity index (χ2v) is 11.1. The normalized spacial score (nSPS) is 14.3. The van der Waals surface area contributed by atoms with Gasteiger partial charge in [-0.2, -0.15) is 12.6 Å². The van der Waals surface area contributed by atoms with E-state index in [-0.39, 0.29) is 17.7 Å². The lowest BCUT2D eigenvalue weighted by molar-refractivity contribution is -0.148. The summed E-state index contributed by atoms with van der Waals surface area (Å²) in [5.41, 5.74) is 0.0116. The monoisotopic (exact) mass is 505 g/mol. The maximum absolute atomic E-state index is 13.9. The molecular formula is C27H43N3O4S. The third kappa shape index (κ3) is 9.59. The number of benzene rings is 1. The molecule has 1 aromatic rings. The molecule has 0 aromatic heterocycles. The largest absolute Gasteiger partial charge is 0.444 e. The van der Waals surface area contributed by atoms with Crippen LogP contribution in [0.3, 0.4) is 0 Å². The molecule has 0 aliphatic rings. The summed E-state index contributed by atoms with van der Waals surface area (Å²) in [6, 6.07) is 5.42. The molecule has 1 aromatic carbocycles. The summed E-state index contributed by atoms with van der Waals surface area (Å²) in [4.78, 5) is 41.6. The van der Waals surface area contributed by atoms with Crippen LogP contribution in [0.1, 0.15) is 85.4 Å². The van der Waals surface area contributed by atoms with Gasteiger partial charge in [0.05, 0.1) is 0 Å². The van der Waals surface area contributed by atoms with Crippen LogP contribution in [0, 0.1) is 0 Å². The average molecular weight is 506 g/mol. The van der Waals surface area contributed by atoms with Gasteiger partial charge in [-0.15, -0.1) is 0 Å². The lowest BCUT2D eigenvalue weighted by Crippen LogP contribution is -2.59. The van der Waals surface area contributed by atoms with Crippen molar-refractivity contribution in [2.45, 2.75) is 97.5 Å². The first-order valence-corrected chi connectivity index (χ1v) is 12.7. The van der Waals surface area contributed by atoms with Crippen LogP contribution in [0.25, 0.3) is 6.08 Å². The van der Waals surface area contributed by atoms with Gasteiger partial charge in [0, 0.05) is 17.3 Å². The van der Waals surface area contributed by atoms with Crippen LogP contribution >= 0.6 is 12.6 Å². The summed E-state index contributed by atoms with van der Waals surface area (Å²) in [5, 5.41) is 5.69. The van der Waals surface area contributed by atoms with E-state index in [0.717, 1.165) is 18.4 Å². The molecule has 0 heterocycles. The molecule has 0 fully saturated rings. The van der Waals surface area contributed by atoms with E-state index in [0.29, 0.717) is 5.56 Å². The summed E-state index contributed by atoms with van der Waals surface area (Å²) in [7, 11) is 0. The van der Waals surface area contributed by atoms with E-state index in [2.05, 4.69) is 36.8 Å². The van der Waals surface area contributed by atoms with Crippen LogP contribution in [0.2, 0.25) is 0 Å². The van der Waals surface area contributed by atoms with Gasteiger partial charge in [-0.05, 0) is 72.1 Å². The molecule has 0 radical (unpaired) electrons. The first-order valence-electron chi connectivity index (χ1n) is 12.1.